The van der Waals surface area contributed by atoms with Crippen LogP contribution in [0.3, 0.4) is 0 Å². The molecule has 3 rings (SSSR count). The van der Waals surface area contributed by atoms with Crippen molar-refractivity contribution in [3.05, 3.63) is 48.0 Å². The first-order valence-corrected chi connectivity index (χ1v) is 6.68. The third-order valence-electron chi connectivity index (χ3n) is 3.55. The van der Waals surface area contributed by atoms with Gasteiger partial charge in [0.2, 0.25) is 5.91 Å². The van der Waals surface area contributed by atoms with E-state index in [9.17, 15) is 4.79 Å². The van der Waals surface area contributed by atoms with Gasteiger partial charge in [0.1, 0.15) is 18.2 Å². The first kappa shape index (κ1) is 12.7. The van der Waals surface area contributed by atoms with Crippen molar-refractivity contribution >= 4 is 5.91 Å². The largest absolute Gasteiger partial charge is 0.492 e. The van der Waals surface area contributed by atoms with Crippen molar-refractivity contribution in [1.29, 1.82) is 0 Å². The Kier molecular flexibility index (Phi) is 3.41. The van der Waals surface area contributed by atoms with Crippen LogP contribution in [-0.2, 0) is 17.8 Å². The zero-order valence-corrected chi connectivity index (χ0v) is 11.4. The van der Waals surface area contributed by atoms with Gasteiger partial charge in [-0.1, -0.05) is 18.2 Å². The van der Waals surface area contributed by atoms with E-state index in [1.165, 1.54) is 0 Å². The van der Waals surface area contributed by atoms with E-state index in [1.54, 1.807) is 24.3 Å². The lowest BCUT2D eigenvalue weighted by atomic mass is 9.95. The maximum atomic E-state index is 12.4. The minimum atomic E-state index is -0.120. The third-order valence-corrected chi connectivity index (χ3v) is 3.55. The predicted molar refractivity (Wildman–Crippen MR) is 74.2 cm³/mol. The molecule has 20 heavy (non-hydrogen) atoms. The van der Waals surface area contributed by atoms with Gasteiger partial charge in [0.15, 0.2) is 0 Å². The molecule has 0 spiro atoms. The van der Waals surface area contributed by atoms with Crippen LogP contribution in [0.15, 0.2) is 36.7 Å². The first-order valence-electron chi connectivity index (χ1n) is 6.68. The second kappa shape index (κ2) is 5.36. The number of nitrogens with one attached hydrogen (secondary N) is 1. The number of ether oxygens (including phenoxy) is 1. The molecule has 1 aromatic carbocycles. The van der Waals surface area contributed by atoms with Gasteiger partial charge >= 0.3 is 0 Å². The van der Waals surface area contributed by atoms with Gasteiger partial charge in [-0.2, -0.15) is 0 Å². The average Bonchev–Trinajstić information content (AvgIpc) is 2.99. The number of imidazole rings is 1. The van der Waals surface area contributed by atoms with E-state index in [2.05, 4.69) is 9.97 Å². The van der Waals surface area contributed by atoms with Gasteiger partial charge in [0.25, 0.3) is 0 Å². The van der Waals surface area contributed by atoms with E-state index < -0.39 is 0 Å². The monoisotopic (exact) mass is 271 g/mol. The lowest BCUT2D eigenvalue weighted by Gasteiger charge is -2.27. The molecule has 2 heterocycles. The number of rotatable bonds is 3. The molecule has 1 aromatic heterocycles. The Morgan fingerprint density at radius 2 is 2.35 bits per heavy atom. The number of amides is 1. The van der Waals surface area contributed by atoms with Crippen LogP contribution < -0.4 is 4.74 Å². The summed E-state index contributed by atoms with van der Waals surface area (Å²) in [5.74, 6) is 1.66. The van der Waals surface area contributed by atoms with E-state index >= 15 is 0 Å². The van der Waals surface area contributed by atoms with Crippen LogP contribution in [0.25, 0.3) is 0 Å². The third kappa shape index (κ3) is 2.52. The minimum absolute atomic E-state index is 0.0934. The molecule has 0 saturated carbocycles. The number of carbonyl (C=O) groups excluding carboxylic acids is 1. The number of hydrogen-bond donors (Lipinski definition) is 1. The Morgan fingerprint density at radius 3 is 3.15 bits per heavy atom. The zero-order chi connectivity index (χ0) is 13.9. The topological polar surface area (TPSA) is 58.2 Å². The standard InChI is InChI=1S/C15H17N3O2/c1-18(9-14-16-6-7-17-14)15(19)12-8-11-4-2-3-5-13(11)20-10-12/h2-7,12H,8-10H2,1H3,(H,16,17). The number of aromatic amines is 1. The number of H-pyrrole nitrogens is 1. The van der Waals surface area contributed by atoms with Crippen molar-refractivity contribution in [1.82, 2.24) is 14.9 Å². The molecule has 1 amide bonds. The summed E-state index contributed by atoms with van der Waals surface area (Å²) in [6, 6.07) is 7.88. The Balaban J connectivity index is 1.66. The molecule has 104 valence electrons. The smallest absolute Gasteiger partial charge is 0.229 e. The van der Waals surface area contributed by atoms with Gasteiger partial charge < -0.3 is 14.6 Å². The lowest BCUT2D eigenvalue weighted by molar-refractivity contribution is -0.136. The molecule has 0 bridgehead atoms. The normalized spacial score (nSPS) is 17.1. The molecule has 0 aliphatic carbocycles. The number of para-hydroxylation sites is 1. The molecule has 1 N–H and O–H groups in total. The van der Waals surface area contributed by atoms with Crippen molar-refractivity contribution in [2.45, 2.75) is 13.0 Å². The van der Waals surface area contributed by atoms with Gasteiger partial charge in [0, 0.05) is 19.4 Å². The number of nitrogens with zero attached hydrogens (tertiary/aromatic N) is 2. The molecule has 5 heteroatoms. The summed E-state index contributed by atoms with van der Waals surface area (Å²) < 4.78 is 5.67. The van der Waals surface area contributed by atoms with Crippen LogP contribution in [0.2, 0.25) is 0 Å². The van der Waals surface area contributed by atoms with Crippen molar-refractivity contribution in [3.63, 3.8) is 0 Å². The highest BCUT2D eigenvalue weighted by Gasteiger charge is 2.28. The quantitative estimate of drug-likeness (QED) is 0.923. The highest BCUT2D eigenvalue weighted by Crippen LogP contribution is 2.27. The van der Waals surface area contributed by atoms with Crippen LogP contribution in [0.5, 0.6) is 5.75 Å². The molecule has 2 aromatic rings. The van der Waals surface area contributed by atoms with E-state index in [-0.39, 0.29) is 11.8 Å². The number of benzene rings is 1. The number of fused-ring (bicyclic) bond motifs is 1. The summed E-state index contributed by atoms with van der Waals surface area (Å²) in [4.78, 5) is 21.3. The highest BCUT2D eigenvalue weighted by atomic mass is 16.5. The Bertz CT molecular complexity index is 595. The fraction of sp³-hybridized carbons (Fsp3) is 0.333. The summed E-state index contributed by atoms with van der Waals surface area (Å²) in [5.41, 5.74) is 1.10. The highest BCUT2D eigenvalue weighted by molar-refractivity contribution is 5.79. The molecule has 1 unspecified atom stereocenters. The van der Waals surface area contributed by atoms with E-state index in [0.29, 0.717) is 13.2 Å². The van der Waals surface area contributed by atoms with Crippen LogP contribution >= 0.6 is 0 Å². The number of hydrogen-bond acceptors (Lipinski definition) is 3. The van der Waals surface area contributed by atoms with Gasteiger partial charge in [-0.3, -0.25) is 4.79 Å². The number of aromatic nitrogens is 2. The SMILES string of the molecule is CN(Cc1ncc[nH]1)C(=O)C1COc2ccccc2C1. The Hall–Kier alpha value is -2.30. The fourth-order valence-electron chi connectivity index (χ4n) is 2.49. The van der Waals surface area contributed by atoms with Gasteiger partial charge in [-0.05, 0) is 18.1 Å². The molecule has 0 radical (unpaired) electrons. The van der Waals surface area contributed by atoms with E-state index in [0.717, 1.165) is 23.6 Å². The Morgan fingerprint density at radius 1 is 1.50 bits per heavy atom. The van der Waals surface area contributed by atoms with Crippen LogP contribution in [0, 0.1) is 5.92 Å². The molecule has 0 fully saturated rings. The van der Waals surface area contributed by atoms with Crippen LogP contribution in [-0.4, -0.2) is 34.4 Å². The fourth-order valence-corrected chi connectivity index (χ4v) is 2.49. The zero-order valence-electron chi connectivity index (χ0n) is 11.4. The molecular weight excluding hydrogens is 254 g/mol. The summed E-state index contributed by atoms with van der Waals surface area (Å²) in [7, 11) is 1.80. The van der Waals surface area contributed by atoms with Gasteiger partial charge in [-0.25, -0.2) is 4.98 Å². The van der Waals surface area contributed by atoms with E-state index in [4.69, 9.17) is 4.74 Å². The summed E-state index contributed by atoms with van der Waals surface area (Å²) in [5, 5.41) is 0. The first-order chi connectivity index (χ1) is 9.74. The summed E-state index contributed by atoms with van der Waals surface area (Å²) >= 11 is 0. The van der Waals surface area contributed by atoms with Crippen LogP contribution in [0.1, 0.15) is 11.4 Å². The van der Waals surface area contributed by atoms with Crippen molar-refractivity contribution in [2.75, 3.05) is 13.7 Å². The predicted octanol–water partition coefficient (Wildman–Crippen LogP) is 1.62. The van der Waals surface area contributed by atoms with Crippen molar-refractivity contribution in [3.8, 4) is 5.75 Å². The summed E-state index contributed by atoms with van der Waals surface area (Å²) in [6.07, 6.45) is 4.18. The van der Waals surface area contributed by atoms with Crippen molar-refractivity contribution in [2.24, 2.45) is 5.92 Å². The second-order valence-corrected chi connectivity index (χ2v) is 5.05. The van der Waals surface area contributed by atoms with Crippen LogP contribution in [0.4, 0.5) is 0 Å². The Labute approximate surface area is 117 Å². The average molecular weight is 271 g/mol. The summed E-state index contributed by atoms with van der Waals surface area (Å²) in [6.45, 7) is 0.933. The molecule has 1 aliphatic heterocycles. The van der Waals surface area contributed by atoms with Gasteiger partial charge in [-0.15, -0.1) is 0 Å². The molecular formula is C15H17N3O2. The van der Waals surface area contributed by atoms with Crippen molar-refractivity contribution < 1.29 is 9.53 Å². The van der Waals surface area contributed by atoms with E-state index in [1.807, 2.05) is 24.3 Å². The lowest BCUT2D eigenvalue weighted by Crippen LogP contribution is -2.38. The molecule has 0 saturated heterocycles. The van der Waals surface area contributed by atoms with Gasteiger partial charge in [0.05, 0.1) is 12.5 Å². The molecule has 1 aliphatic rings. The maximum absolute atomic E-state index is 12.4. The minimum Gasteiger partial charge on any atom is -0.492 e. The maximum Gasteiger partial charge on any atom is 0.229 e. The number of carbonyl (C=O) groups is 1. The molecule has 5 nitrogen and oxygen atoms in total. The second-order valence-electron chi connectivity index (χ2n) is 5.05. The molecule has 1 atom stereocenters.